The van der Waals surface area contributed by atoms with Crippen LogP contribution in [0.5, 0.6) is 0 Å². The summed E-state index contributed by atoms with van der Waals surface area (Å²) >= 11 is 0. The molecule has 1 N–H and O–H groups in total. The first-order valence-corrected chi connectivity index (χ1v) is 7.94. The van der Waals surface area contributed by atoms with Gasteiger partial charge in [0.15, 0.2) is 0 Å². The Bertz CT molecular complexity index is 414. The van der Waals surface area contributed by atoms with Crippen molar-refractivity contribution in [3.05, 3.63) is 29.8 Å². The van der Waals surface area contributed by atoms with Gasteiger partial charge in [-0.15, -0.1) is 0 Å². The fraction of sp³-hybridized carbons (Fsp3) is 0.611. The molecule has 0 saturated heterocycles. The van der Waals surface area contributed by atoms with E-state index in [-0.39, 0.29) is 11.8 Å². The number of carbonyl (C=O) groups excluding carboxylic acids is 1. The summed E-state index contributed by atoms with van der Waals surface area (Å²) in [6, 6.07) is 7.96. The molecule has 2 rings (SSSR count). The van der Waals surface area contributed by atoms with Crippen molar-refractivity contribution < 1.29 is 4.79 Å². The largest absolute Gasteiger partial charge is 0.326 e. The van der Waals surface area contributed by atoms with E-state index in [1.807, 2.05) is 31.2 Å². The zero-order chi connectivity index (χ0) is 15.0. The molecule has 2 atom stereocenters. The highest BCUT2D eigenvalue weighted by molar-refractivity contribution is 5.93. The van der Waals surface area contributed by atoms with Gasteiger partial charge in [0.1, 0.15) is 0 Å². The minimum atomic E-state index is 0.200. The Labute approximate surface area is 124 Å². The smallest absolute Gasteiger partial charge is 0.227 e. The highest BCUT2D eigenvalue weighted by atomic mass is 16.1. The maximum Gasteiger partial charge on any atom is 0.227 e. The van der Waals surface area contributed by atoms with Crippen molar-refractivity contribution in [2.75, 3.05) is 5.32 Å². The summed E-state index contributed by atoms with van der Waals surface area (Å²) in [4.78, 5) is 12.2. The van der Waals surface area contributed by atoms with E-state index >= 15 is 0 Å². The van der Waals surface area contributed by atoms with Crippen LogP contribution in [-0.2, 0) is 4.79 Å². The van der Waals surface area contributed by atoms with E-state index < -0.39 is 0 Å². The number of benzene rings is 1. The molecule has 0 bridgehead atoms. The third kappa shape index (κ3) is 5.36. The third-order valence-corrected chi connectivity index (χ3v) is 3.71. The SMILES string of the molecule is CCC.Cc1ccccc1NC(=O)C1CCCC(C)C1. The second kappa shape index (κ2) is 8.78. The van der Waals surface area contributed by atoms with Gasteiger partial charge in [0.05, 0.1) is 0 Å². The van der Waals surface area contributed by atoms with E-state index in [0.29, 0.717) is 5.92 Å². The van der Waals surface area contributed by atoms with Crippen LogP contribution in [-0.4, -0.2) is 5.91 Å². The van der Waals surface area contributed by atoms with Crippen molar-refractivity contribution in [3.8, 4) is 0 Å². The number of para-hydroxylation sites is 1. The Morgan fingerprint density at radius 3 is 2.50 bits per heavy atom. The van der Waals surface area contributed by atoms with Gasteiger partial charge in [-0.3, -0.25) is 4.79 Å². The molecule has 1 aliphatic carbocycles. The van der Waals surface area contributed by atoms with Crippen LogP contribution in [0.25, 0.3) is 0 Å². The molecule has 2 unspecified atom stereocenters. The van der Waals surface area contributed by atoms with E-state index in [4.69, 9.17) is 0 Å². The lowest BCUT2D eigenvalue weighted by Gasteiger charge is -2.26. The Hall–Kier alpha value is -1.31. The molecule has 2 nitrogen and oxygen atoms in total. The van der Waals surface area contributed by atoms with E-state index in [0.717, 1.165) is 24.1 Å². The molecular formula is C18H29NO. The van der Waals surface area contributed by atoms with Crippen LogP contribution in [0.4, 0.5) is 5.69 Å². The summed E-state index contributed by atoms with van der Waals surface area (Å²) in [5.41, 5.74) is 2.08. The molecule has 0 aromatic heterocycles. The average molecular weight is 275 g/mol. The van der Waals surface area contributed by atoms with Crippen molar-refractivity contribution in [2.45, 2.75) is 59.8 Å². The fourth-order valence-corrected chi connectivity index (χ4v) is 2.62. The number of aryl methyl sites for hydroxylation is 1. The molecule has 1 saturated carbocycles. The summed E-state index contributed by atoms with van der Waals surface area (Å²) < 4.78 is 0. The van der Waals surface area contributed by atoms with Crippen LogP contribution >= 0.6 is 0 Å². The maximum absolute atomic E-state index is 12.2. The summed E-state index contributed by atoms with van der Waals surface area (Å²) in [5.74, 6) is 1.10. The van der Waals surface area contributed by atoms with Gasteiger partial charge in [0.25, 0.3) is 0 Å². The topological polar surface area (TPSA) is 29.1 Å². The molecule has 1 amide bonds. The molecule has 112 valence electrons. The molecule has 0 radical (unpaired) electrons. The van der Waals surface area contributed by atoms with Crippen molar-refractivity contribution in [3.63, 3.8) is 0 Å². The number of carbonyl (C=O) groups is 1. The average Bonchev–Trinajstić information content (AvgIpc) is 2.42. The zero-order valence-corrected chi connectivity index (χ0v) is 13.4. The minimum absolute atomic E-state index is 0.200. The molecule has 1 fully saturated rings. The molecule has 0 aliphatic heterocycles. The van der Waals surface area contributed by atoms with Gasteiger partial charge in [0, 0.05) is 11.6 Å². The van der Waals surface area contributed by atoms with Crippen LogP contribution in [0.1, 0.15) is 58.4 Å². The molecule has 2 heteroatoms. The van der Waals surface area contributed by atoms with Crippen molar-refractivity contribution in [2.24, 2.45) is 11.8 Å². The summed E-state index contributed by atoms with van der Waals surface area (Å²) in [6.07, 6.45) is 5.79. The highest BCUT2D eigenvalue weighted by Crippen LogP contribution is 2.29. The van der Waals surface area contributed by atoms with Gasteiger partial charge in [-0.1, -0.05) is 58.2 Å². The molecule has 0 spiro atoms. The van der Waals surface area contributed by atoms with E-state index in [1.165, 1.54) is 19.3 Å². The standard InChI is InChI=1S/C15H21NO.C3H8/c1-11-6-5-8-13(10-11)15(17)16-14-9-4-3-7-12(14)2;1-3-2/h3-4,7,9,11,13H,5-6,8,10H2,1-2H3,(H,16,17);3H2,1-2H3. The van der Waals surface area contributed by atoms with Crippen LogP contribution < -0.4 is 5.32 Å². The second-order valence-corrected chi connectivity index (χ2v) is 5.98. The first-order valence-electron chi connectivity index (χ1n) is 7.94. The van der Waals surface area contributed by atoms with Crippen LogP contribution in [0.3, 0.4) is 0 Å². The van der Waals surface area contributed by atoms with E-state index in [9.17, 15) is 4.79 Å². The number of amides is 1. The lowest BCUT2D eigenvalue weighted by molar-refractivity contribution is -0.121. The van der Waals surface area contributed by atoms with Gasteiger partial charge in [0.2, 0.25) is 5.91 Å². The number of nitrogens with one attached hydrogen (secondary N) is 1. The van der Waals surface area contributed by atoms with E-state index in [1.54, 1.807) is 0 Å². The number of anilines is 1. The van der Waals surface area contributed by atoms with Crippen LogP contribution in [0.15, 0.2) is 24.3 Å². The van der Waals surface area contributed by atoms with Gasteiger partial charge >= 0.3 is 0 Å². The minimum Gasteiger partial charge on any atom is -0.326 e. The van der Waals surface area contributed by atoms with Crippen LogP contribution in [0.2, 0.25) is 0 Å². The molecule has 1 aromatic rings. The van der Waals surface area contributed by atoms with E-state index in [2.05, 4.69) is 26.1 Å². The van der Waals surface area contributed by atoms with Crippen LogP contribution in [0, 0.1) is 18.8 Å². The predicted octanol–water partition coefficient (Wildman–Crippen LogP) is 5.18. The Balaban J connectivity index is 0.000000612. The number of hydrogen-bond acceptors (Lipinski definition) is 1. The summed E-state index contributed by atoms with van der Waals surface area (Å²) in [5, 5.41) is 3.06. The molecule has 0 heterocycles. The lowest BCUT2D eigenvalue weighted by Crippen LogP contribution is -2.27. The monoisotopic (exact) mass is 275 g/mol. The molecule has 20 heavy (non-hydrogen) atoms. The van der Waals surface area contributed by atoms with Crippen molar-refractivity contribution in [1.82, 2.24) is 0 Å². The normalized spacial score (nSPS) is 21.6. The van der Waals surface area contributed by atoms with Crippen molar-refractivity contribution in [1.29, 1.82) is 0 Å². The second-order valence-electron chi connectivity index (χ2n) is 5.98. The van der Waals surface area contributed by atoms with Gasteiger partial charge in [-0.05, 0) is 37.3 Å². The fourth-order valence-electron chi connectivity index (χ4n) is 2.62. The van der Waals surface area contributed by atoms with Gasteiger partial charge in [-0.2, -0.15) is 0 Å². The lowest BCUT2D eigenvalue weighted by atomic mass is 9.82. The Morgan fingerprint density at radius 2 is 1.90 bits per heavy atom. The van der Waals surface area contributed by atoms with Gasteiger partial charge < -0.3 is 5.32 Å². The number of rotatable bonds is 2. The molecule has 1 aromatic carbocycles. The highest BCUT2D eigenvalue weighted by Gasteiger charge is 2.25. The zero-order valence-electron chi connectivity index (χ0n) is 13.4. The quantitative estimate of drug-likeness (QED) is 0.792. The first-order chi connectivity index (χ1) is 9.58. The predicted molar refractivity (Wildman–Crippen MR) is 86.9 cm³/mol. The van der Waals surface area contributed by atoms with Gasteiger partial charge in [-0.25, -0.2) is 0 Å². The maximum atomic E-state index is 12.2. The Morgan fingerprint density at radius 1 is 1.25 bits per heavy atom. The number of hydrogen-bond donors (Lipinski definition) is 1. The van der Waals surface area contributed by atoms with Crippen molar-refractivity contribution >= 4 is 11.6 Å². The summed E-state index contributed by atoms with van der Waals surface area (Å²) in [7, 11) is 0. The molecule has 1 aliphatic rings. The summed E-state index contributed by atoms with van der Waals surface area (Å²) in [6.45, 7) is 8.52. The molecular weight excluding hydrogens is 246 g/mol. The first kappa shape index (κ1) is 16.7. The third-order valence-electron chi connectivity index (χ3n) is 3.71. The Kier molecular flexibility index (Phi) is 7.35.